The highest BCUT2D eigenvalue weighted by Crippen LogP contribution is 2.27. The highest BCUT2D eigenvalue weighted by Gasteiger charge is 2.14. The van der Waals surface area contributed by atoms with Gasteiger partial charge in [-0.25, -0.2) is 14.4 Å². The average Bonchev–Trinajstić information content (AvgIpc) is 3.16. The van der Waals surface area contributed by atoms with Gasteiger partial charge in [-0.15, -0.1) is 22.7 Å². The number of anilines is 1. The van der Waals surface area contributed by atoms with Crippen molar-refractivity contribution in [2.75, 3.05) is 5.32 Å². The van der Waals surface area contributed by atoms with Gasteiger partial charge in [-0.1, -0.05) is 19.1 Å². The molecule has 2 aromatic heterocycles. The van der Waals surface area contributed by atoms with E-state index < -0.39 is 0 Å². The van der Waals surface area contributed by atoms with Crippen LogP contribution in [-0.4, -0.2) is 15.9 Å². The van der Waals surface area contributed by atoms with Crippen molar-refractivity contribution in [3.8, 4) is 11.3 Å². The molecule has 0 atom stereocenters. The van der Waals surface area contributed by atoms with E-state index in [0.717, 1.165) is 11.4 Å². The third-order valence-electron chi connectivity index (χ3n) is 2.95. The summed E-state index contributed by atoms with van der Waals surface area (Å²) in [6.45, 7) is 1.99. The number of aromatic nitrogens is 2. The number of amides is 1. The highest BCUT2D eigenvalue weighted by molar-refractivity contribution is 7.15. The Bertz CT molecular complexity index is 812. The summed E-state index contributed by atoms with van der Waals surface area (Å²) in [5, 5.41) is 5.79. The zero-order valence-corrected chi connectivity index (χ0v) is 13.3. The Morgan fingerprint density at radius 3 is 2.91 bits per heavy atom. The second-order valence-electron chi connectivity index (χ2n) is 4.44. The van der Waals surface area contributed by atoms with Crippen LogP contribution in [0.3, 0.4) is 0 Å². The fourth-order valence-corrected chi connectivity index (χ4v) is 3.32. The number of aryl methyl sites for hydroxylation is 1. The molecule has 0 aliphatic carbocycles. The Labute approximate surface area is 134 Å². The summed E-state index contributed by atoms with van der Waals surface area (Å²) in [7, 11) is 0. The van der Waals surface area contributed by atoms with Gasteiger partial charge in [0.25, 0.3) is 5.91 Å². The molecule has 0 fully saturated rings. The van der Waals surface area contributed by atoms with Gasteiger partial charge in [0.05, 0.1) is 16.9 Å². The van der Waals surface area contributed by atoms with Gasteiger partial charge in [-0.2, -0.15) is 0 Å². The topological polar surface area (TPSA) is 54.9 Å². The second-order valence-corrected chi connectivity index (χ2v) is 6.42. The summed E-state index contributed by atoms with van der Waals surface area (Å²) < 4.78 is 13.7. The number of halogens is 1. The molecule has 4 nitrogen and oxygen atoms in total. The van der Waals surface area contributed by atoms with Crippen molar-refractivity contribution in [2.24, 2.45) is 0 Å². The number of thiazole rings is 2. The molecule has 0 aliphatic heterocycles. The molecule has 0 aliphatic rings. The van der Waals surface area contributed by atoms with Crippen LogP contribution in [0.1, 0.15) is 21.6 Å². The van der Waals surface area contributed by atoms with Crippen LogP contribution < -0.4 is 5.32 Å². The van der Waals surface area contributed by atoms with Crippen LogP contribution in [0, 0.1) is 5.82 Å². The highest BCUT2D eigenvalue weighted by atomic mass is 32.1. The number of carbonyl (C=O) groups is 1. The van der Waals surface area contributed by atoms with E-state index in [4.69, 9.17) is 0 Å². The second kappa shape index (κ2) is 6.33. The number of rotatable bonds is 4. The van der Waals surface area contributed by atoms with Gasteiger partial charge in [0.1, 0.15) is 10.7 Å². The maximum absolute atomic E-state index is 13.7. The molecule has 0 unspecified atom stereocenters. The average molecular weight is 333 g/mol. The van der Waals surface area contributed by atoms with E-state index in [1.165, 1.54) is 28.7 Å². The normalized spacial score (nSPS) is 10.6. The van der Waals surface area contributed by atoms with Crippen LogP contribution in [0.4, 0.5) is 9.52 Å². The molecular weight excluding hydrogens is 321 g/mol. The lowest BCUT2D eigenvalue weighted by Crippen LogP contribution is -2.09. The molecule has 0 bridgehead atoms. The van der Waals surface area contributed by atoms with E-state index in [1.54, 1.807) is 29.8 Å². The Morgan fingerprint density at radius 2 is 2.18 bits per heavy atom. The van der Waals surface area contributed by atoms with E-state index in [1.807, 2.05) is 6.92 Å². The molecule has 7 heteroatoms. The van der Waals surface area contributed by atoms with Crippen LogP contribution in [-0.2, 0) is 6.42 Å². The number of hydrogen-bond donors (Lipinski definition) is 1. The fraction of sp³-hybridized carbons (Fsp3) is 0.133. The van der Waals surface area contributed by atoms with Crippen LogP contribution in [0.5, 0.6) is 0 Å². The van der Waals surface area contributed by atoms with E-state index in [9.17, 15) is 9.18 Å². The Hall–Kier alpha value is -2.12. The Balaban J connectivity index is 1.77. The molecule has 0 saturated heterocycles. The van der Waals surface area contributed by atoms with Gasteiger partial charge in [-0.05, 0) is 18.6 Å². The summed E-state index contributed by atoms with van der Waals surface area (Å²) in [5.41, 5.74) is 0.933. The molecule has 2 heterocycles. The number of nitrogens with one attached hydrogen (secondary N) is 1. The predicted octanol–water partition coefficient (Wildman–Crippen LogP) is 4.22. The lowest BCUT2D eigenvalue weighted by atomic mass is 10.2. The van der Waals surface area contributed by atoms with E-state index in [2.05, 4.69) is 15.3 Å². The van der Waals surface area contributed by atoms with Gasteiger partial charge in [0.15, 0.2) is 5.13 Å². The molecule has 1 N–H and O–H groups in total. The first-order valence-electron chi connectivity index (χ1n) is 6.64. The minimum absolute atomic E-state index is 0.244. The van der Waals surface area contributed by atoms with Crippen LogP contribution in [0.25, 0.3) is 11.3 Å². The van der Waals surface area contributed by atoms with Crippen LogP contribution in [0.2, 0.25) is 0 Å². The molecule has 112 valence electrons. The summed E-state index contributed by atoms with van der Waals surface area (Å²) in [6.07, 6.45) is 2.36. The Kier molecular flexibility index (Phi) is 4.26. The lowest BCUT2D eigenvalue weighted by Gasteiger charge is -1.99. The predicted molar refractivity (Wildman–Crippen MR) is 87.0 cm³/mol. The maximum Gasteiger partial charge on any atom is 0.269 e. The zero-order valence-electron chi connectivity index (χ0n) is 11.7. The number of carbonyl (C=O) groups excluding carboxylic acids is 1. The van der Waals surface area contributed by atoms with Gasteiger partial charge < -0.3 is 0 Å². The fourth-order valence-electron chi connectivity index (χ4n) is 1.86. The molecule has 0 saturated carbocycles. The molecule has 1 amide bonds. The zero-order chi connectivity index (χ0) is 15.5. The smallest absolute Gasteiger partial charge is 0.269 e. The van der Waals surface area contributed by atoms with Crippen molar-refractivity contribution in [3.05, 3.63) is 51.5 Å². The first kappa shape index (κ1) is 14.8. The number of benzene rings is 1. The quantitative estimate of drug-likeness (QED) is 0.778. The number of hydrogen-bond acceptors (Lipinski definition) is 5. The first-order chi connectivity index (χ1) is 10.7. The van der Waals surface area contributed by atoms with Crippen molar-refractivity contribution in [1.29, 1.82) is 0 Å². The van der Waals surface area contributed by atoms with Crippen LogP contribution >= 0.6 is 22.7 Å². The molecule has 0 radical (unpaired) electrons. The van der Waals surface area contributed by atoms with E-state index in [-0.39, 0.29) is 11.7 Å². The van der Waals surface area contributed by atoms with Gasteiger partial charge in [-0.3, -0.25) is 10.1 Å². The monoisotopic (exact) mass is 333 g/mol. The molecular formula is C15H12FN3OS2. The molecule has 0 spiro atoms. The minimum atomic E-state index is -0.333. The third-order valence-corrected chi connectivity index (χ3v) is 4.85. The van der Waals surface area contributed by atoms with E-state index in [0.29, 0.717) is 21.3 Å². The van der Waals surface area contributed by atoms with Gasteiger partial charge in [0, 0.05) is 10.9 Å². The van der Waals surface area contributed by atoms with Gasteiger partial charge >= 0.3 is 0 Å². The van der Waals surface area contributed by atoms with E-state index >= 15 is 0 Å². The summed E-state index contributed by atoms with van der Waals surface area (Å²) >= 11 is 2.62. The molecule has 3 aromatic rings. The Morgan fingerprint density at radius 1 is 1.36 bits per heavy atom. The minimum Gasteiger partial charge on any atom is -0.297 e. The largest absolute Gasteiger partial charge is 0.297 e. The standard InChI is InChI=1S/C15H12FN3OS2/c1-2-13-17-7-12(22-13)14(20)19-15-18-11(8-21-15)9-5-3-4-6-10(9)16/h3-8H,2H2,1H3,(H,18,19,20). The number of nitrogens with zero attached hydrogens (tertiary/aromatic N) is 2. The van der Waals surface area contributed by atoms with Crippen molar-refractivity contribution in [2.45, 2.75) is 13.3 Å². The summed E-state index contributed by atoms with van der Waals surface area (Å²) in [5.74, 6) is -0.577. The van der Waals surface area contributed by atoms with Crippen molar-refractivity contribution in [1.82, 2.24) is 9.97 Å². The first-order valence-corrected chi connectivity index (χ1v) is 8.33. The summed E-state index contributed by atoms with van der Waals surface area (Å²) in [6, 6.07) is 6.42. The van der Waals surface area contributed by atoms with Gasteiger partial charge in [0.2, 0.25) is 0 Å². The molecule has 3 rings (SSSR count). The maximum atomic E-state index is 13.7. The SMILES string of the molecule is CCc1ncc(C(=O)Nc2nc(-c3ccccc3F)cs2)s1. The lowest BCUT2D eigenvalue weighted by molar-refractivity contribution is 0.103. The van der Waals surface area contributed by atoms with Crippen molar-refractivity contribution < 1.29 is 9.18 Å². The summed E-state index contributed by atoms with van der Waals surface area (Å²) in [4.78, 5) is 21.1. The molecule has 1 aromatic carbocycles. The third kappa shape index (κ3) is 3.05. The van der Waals surface area contributed by atoms with Crippen molar-refractivity contribution >= 4 is 33.7 Å². The molecule has 22 heavy (non-hydrogen) atoms. The van der Waals surface area contributed by atoms with Crippen LogP contribution in [0.15, 0.2) is 35.8 Å². The van der Waals surface area contributed by atoms with Crippen molar-refractivity contribution in [3.63, 3.8) is 0 Å².